The summed E-state index contributed by atoms with van der Waals surface area (Å²) in [5.74, 6) is -0.291. The van der Waals surface area contributed by atoms with Gasteiger partial charge >= 0.3 is 5.97 Å². The Bertz CT molecular complexity index is 441. The fourth-order valence-corrected chi connectivity index (χ4v) is 2.38. The molecule has 1 unspecified atom stereocenters. The molecule has 0 aliphatic carbocycles. The fourth-order valence-electron chi connectivity index (χ4n) is 2.38. The Morgan fingerprint density at radius 3 is 2.70 bits per heavy atom. The van der Waals surface area contributed by atoms with Crippen LogP contribution in [0.4, 0.5) is 0 Å². The van der Waals surface area contributed by atoms with Crippen molar-refractivity contribution in [3.8, 4) is 0 Å². The lowest BCUT2D eigenvalue weighted by Gasteiger charge is -2.36. The summed E-state index contributed by atoms with van der Waals surface area (Å²) in [6, 6.07) is 9.58. The van der Waals surface area contributed by atoms with Crippen molar-refractivity contribution >= 4 is 5.97 Å². The lowest BCUT2D eigenvalue weighted by molar-refractivity contribution is -0.204. The number of esters is 1. The lowest BCUT2D eigenvalue weighted by atomic mass is 9.82. The SMILES string of the molecule is CC(C)(C(=O)OCc1ccccc1)[C@H]1CCCC(O)O1. The van der Waals surface area contributed by atoms with E-state index in [4.69, 9.17) is 9.47 Å². The highest BCUT2D eigenvalue weighted by molar-refractivity contribution is 5.76. The van der Waals surface area contributed by atoms with E-state index in [-0.39, 0.29) is 18.7 Å². The van der Waals surface area contributed by atoms with Crippen molar-refractivity contribution in [2.75, 3.05) is 0 Å². The Morgan fingerprint density at radius 1 is 1.35 bits per heavy atom. The van der Waals surface area contributed by atoms with Gasteiger partial charge < -0.3 is 14.6 Å². The molecule has 0 radical (unpaired) electrons. The van der Waals surface area contributed by atoms with Crippen LogP contribution in [0.25, 0.3) is 0 Å². The first-order valence-electron chi connectivity index (χ1n) is 7.05. The van der Waals surface area contributed by atoms with Crippen molar-refractivity contribution in [2.45, 2.75) is 52.1 Å². The van der Waals surface area contributed by atoms with E-state index >= 15 is 0 Å². The molecule has 0 amide bonds. The minimum absolute atomic E-state index is 0.262. The molecule has 1 aromatic carbocycles. The molecule has 1 N–H and O–H groups in total. The Labute approximate surface area is 119 Å². The smallest absolute Gasteiger partial charge is 0.314 e. The molecule has 1 aromatic rings. The summed E-state index contributed by atoms with van der Waals surface area (Å²) in [6.45, 7) is 3.88. The maximum Gasteiger partial charge on any atom is 0.314 e. The quantitative estimate of drug-likeness (QED) is 0.860. The Kier molecular flexibility index (Phi) is 4.78. The van der Waals surface area contributed by atoms with Crippen LogP contribution in [0.5, 0.6) is 0 Å². The van der Waals surface area contributed by atoms with Crippen molar-refractivity contribution in [3.05, 3.63) is 35.9 Å². The van der Waals surface area contributed by atoms with Crippen molar-refractivity contribution in [1.29, 1.82) is 0 Å². The maximum absolute atomic E-state index is 12.3. The highest BCUT2D eigenvalue weighted by Crippen LogP contribution is 2.33. The van der Waals surface area contributed by atoms with E-state index in [1.54, 1.807) is 0 Å². The first-order chi connectivity index (χ1) is 9.50. The first kappa shape index (κ1) is 15.0. The molecule has 1 heterocycles. The number of hydrogen-bond donors (Lipinski definition) is 1. The third-order valence-electron chi connectivity index (χ3n) is 3.78. The summed E-state index contributed by atoms with van der Waals surface area (Å²) < 4.78 is 10.9. The molecule has 20 heavy (non-hydrogen) atoms. The van der Waals surface area contributed by atoms with Crippen LogP contribution in [0.1, 0.15) is 38.7 Å². The molecular weight excluding hydrogens is 256 g/mol. The number of hydrogen-bond acceptors (Lipinski definition) is 4. The van der Waals surface area contributed by atoms with E-state index in [9.17, 15) is 9.90 Å². The fraction of sp³-hybridized carbons (Fsp3) is 0.562. The largest absolute Gasteiger partial charge is 0.460 e. The number of aliphatic hydroxyl groups excluding tert-OH is 1. The standard InChI is InChI=1S/C16H22O4/c1-16(2,13-9-6-10-14(17)20-13)15(18)19-11-12-7-4-3-5-8-12/h3-5,7-8,13-14,17H,6,9-11H2,1-2H3/t13-,14?/m1/s1. The van der Waals surface area contributed by atoms with Gasteiger partial charge in [0.05, 0.1) is 11.5 Å². The zero-order chi connectivity index (χ0) is 14.6. The van der Waals surface area contributed by atoms with Gasteiger partial charge in [0, 0.05) is 0 Å². The second kappa shape index (κ2) is 6.37. The van der Waals surface area contributed by atoms with Crippen LogP contribution in [0.2, 0.25) is 0 Å². The van der Waals surface area contributed by atoms with Crippen LogP contribution in [0, 0.1) is 5.41 Å². The van der Waals surface area contributed by atoms with Gasteiger partial charge in [-0.15, -0.1) is 0 Å². The number of carbonyl (C=O) groups is 1. The van der Waals surface area contributed by atoms with Crippen LogP contribution < -0.4 is 0 Å². The van der Waals surface area contributed by atoms with Gasteiger partial charge in [0.15, 0.2) is 6.29 Å². The number of aliphatic hydroxyl groups is 1. The van der Waals surface area contributed by atoms with Crippen LogP contribution in [0.3, 0.4) is 0 Å². The highest BCUT2D eigenvalue weighted by atomic mass is 16.6. The van der Waals surface area contributed by atoms with Crippen molar-refractivity contribution in [2.24, 2.45) is 5.41 Å². The van der Waals surface area contributed by atoms with E-state index in [1.165, 1.54) is 0 Å². The summed E-state index contributed by atoms with van der Waals surface area (Å²) in [5.41, 5.74) is 0.206. The molecule has 0 spiro atoms. The predicted octanol–water partition coefficient (Wildman–Crippen LogP) is 2.64. The van der Waals surface area contributed by atoms with Gasteiger partial charge in [0.2, 0.25) is 0 Å². The number of carbonyl (C=O) groups excluding carboxylic acids is 1. The number of rotatable bonds is 4. The van der Waals surface area contributed by atoms with E-state index in [0.29, 0.717) is 6.42 Å². The highest BCUT2D eigenvalue weighted by Gasteiger charge is 2.41. The maximum atomic E-state index is 12.3. The Morgan fingerprint density at radius 2 is 2.05 bits per heavy atom. The van der Waals surface area contributed by atoms with Crippen LogP contribution in [-0.4, -0.2) is 23.5 Å². The molecular formula is C16H22O4. The zero-order valence-corrected chi connectivity index (χ0v) is 12.0. The van der Waals surface area contributed by atoms with E-state index in [1.807, 2.05) is 44.2 Å². The van der Waals surface area contributed by atoms with Crippen molar-refractivity contribution < 1.29 is 19.4 Å². The molecule has 4 nitrogen and oxygen atoms in total. The van der Waals surface area contributed by atoms with Crippen LogP contribution >= 0.6 is 0 Å². The topological polar surface area (TPSA) is 55.8 Å². The molecule has 1 fully saturated rings. The van der Waals surface area contributed by atoms with Crippen LogP contribution in [-0.2, 0) is 20.9 Å². The second-order valence-electron chi connectivity index (χ2n) is 5.79. The average molecular weight is 278 g/mol. The second-order valence-corrected chi connectivity index (χ2v) is 5.79. The summed E-state index contributed by atoms with van der Waals surface area (Å²) in [7, 11) is 0. The van der Waals surface area contributed by atoms with Gasteiger partial charge in [-0.1, -0.05) is 30.3 Å². The number of ether oxygens (including phenoxy) is 2. The van der Waals surface area contributed by atoms with E-state index in [0.717, 1.165) is 18.4 Å². The van der Waals surface area contributed by atoms with Gasteiger partial charge in [-0.25, -0.2) is 0 Å². The third kappa shape index (κ3) is 3.58. The van der Waals surface area contributed by atoms with Crippen LogP contribution in [0.15, 0.2) is 30.3 Å². The van der Waals surface area contributed by atoms with Gasteiger partial charge in [-0.05, 0) is 38.7 Å². The normalized spacial score (nSPS) is 23.4. The molecule has 1 aliphatic heterocycles. The molecule has 110 valence electrons. The van der Waals surface area contributed by atoms with Gasteiger partial charge in [-0.2, -0.15) is 0 Å². The minimum atomic E-state index is -0.769. The lowest BCUT2D eigenvalue weighted by Crippen LogP contribution is -2.44. The summed E-state index contributed by atoms with van der Waals surface area (Å²) in [4.78, 5) is 12.3. The summed E-state index contributed by atoms with van der Waals surface area (Å²) in [5, 5.41) is 9.56. The molecule has 4 heteroatoms. The van der Waals surface area contributed by atoms with Gasteiger partial charge in [0.25, 0.3) is 0 Å². The molecule has 0 aromatic heterocycles. The minimum Gasteiger partial charge on any atom is -0.460 e. The molecule has 2 atom stereocenters. The summed E-state index contributed by atoms with van der Waals surface area (Å²) in [6.07, 6.45) is 1.20. The van der Waals surface area contributed by atoms with Crippen molar-refractivity contribution in [1.82, 2.24) is 0 Å². The molecule has 1 aliphatic rings. The molecule has 2 rings (SSSR count). The van der Waals surface area contributed by atoms with E-state index < -0.39 is 11.7 Å². The Hall–Kier alpha value is -1.39. The third-order valence-corrected chi connectivity index (χ3v) is 3.78. The summed E-state index contributed by atoms with van der Waals surface area (Å²) >= 11 is 0. The monoisotopic (exact) mass is 278 g/mol. The van der Waals surface area contributed by atoms with E-state index in [2.05, 4.69) is 0 Å². The van der Waals surface area contributed by atoms with Gasteiger partial charge in [0.1, 0.15) is 6.61 Å². The molecule has 0 saturated carbocycles. The van der Waals surface area contributed by atoms with Crippen molar-refractivity contribution in [3.63, 3.8) is 0 Å². The number of benzene rings is 1. The van der Waals surface area contributed by atoms with Gasteiger partial charge in [-0.3, -0.25) is 4.79 Å². The predicted molar refractivity (Wildman–Crippen MR) is 74.7 cm³/mol. The molecule has 0 bridgehead atoms. The average Bonchev–Trinajstić information content (AvgIpc) is 2.45. The molecule has 1 saturated heterocycles. The zero-order valence-electron chi connectivity index (χ0n) is 12.0. The Balaban J connectivity index is 1.93. The first-order valence-corrected chi connectivity index (χ1v) is 7.05.